The van der Waals surface area contributed by atoms with Gasteiger partial charge in [-0.25, -0.2) is 0 Å². The van der Waals surface area contributed by atoms with Crippen LogP contribution in [-0.4, -0.2) is 23.0 Å². The fourth-order valence-electron chi connectivity index (χ4n) is 3.92. The van der Waals surface area contributed by atoms with E-state index in [9.17, 15) is 9.59 Å². The van der Waals surface area contributed by atoms with Crippen LogP contribution in [0.3, 0.4) is 0 Å². The highest BCUT2D eigenvalue weighted by molar-refractivity contribution is 7.17. The summed E-state index contributed by atoms with van der Waals surface area (Å²) in [6, 6.07) is 10.5. The van der Waals surface area contributed by atoms with E-state index in [1.807, 2.05) is 12.1 Å². The number of fused-ring (bicyclic) bond motifs is 3. The minimum Gasteiger partial charge on any atom is -0.481 e. The van der Waals surface area contributed by atoms with E-state index in [1.165, 1.54) is 21.6 Å². The lowest BCUT2D eigenvalue weighted by Gasteiger charge is -2.26. The van der Waals surface area contributed by atoms with Gasteiger partial charge in [0.05, 0.1) is 10.8 Å². The summed E-state index contributed by atoms with van der Waals surface area (Å²) in [5.74, 6) is -0.983. The molecule has 0 bridgehead atoms. The molecule has 4 rings (SSSR count). The SMILES string of the molecule is O=C(NC1CCC(C(=O)O)CC1)c1cc2c(s1)-c1ccccc1CC2. The quantitative estimate of drug-likeness (QED) is 0.878. The lowest BCUT2D eigenvalue weighted by Crippen LogP contribution is -2.38. The Kier molecular flexibility index (Phi) is 4.34. The summed E-state index contributed by atoms with van der Waals surface area (Å²) in [6.45, 7) is 0. The second-order valence-electron chi connectivity index (χ2n) is 6.98. The number of benzene rings is 1. The van der Waals surface area contributed by atoms with Gasteiger partial charge in [0.2, 0.25) is 0 Å². The lowest BCUT2D eigenvalue weighted by molar-refractivity contribution is -0.142. The van der Waals surface area contributed by atoms with Crippen LogP contribution in [0.1, 0.15) is 46.5 Å². The average molecular weight is 355 g/mol. The van der Waals surface area contributed by atoms with Crippen molar-refractivity contribution in [3.8, 4) is 10.4 Å². The molecule has 1 heterocycles. The van der Waals surface area contributed by atoms with E-state index in [0.29, 0.717) is 12.8 Å². The van der Waals surface area contributed by atoms with Crippen molar-refractivity contribution in [1.82, 2.24) is 5.32 Å². The van der Waals surface area contributed by atoms with Crippen molar-refractivity contribution in [3.05, 3.63) is 46.3 Å². The van der Waals surface area contributed by atoms with E-state index >= 15 is 0 Å². The summed E-state index contributed by atoms with van der Waals surface area (Å²) in [5.41, 5.74) is 3.88. The molecule has 0 radical (unpaired) electrons. The van der Waals surface area contributed by atoms with Gasteiger partial charge in [-0.3, -0.25) is 9.59 Å². The number of carbonyl (C=O) groups is 2. The number of rotatable bonds is 3. The van der Waals surface area contributed by atoms with Crippen LogP contribution in [0, 0.1) is 5.92 Å². The molecule has 2 aromatic rings. The zero-order chi connectivity index (χ0) is 17.4. The van der Waals surface area contributed by atoms with Gasteiger partial charge in [-0.2, -0.15) is 0 Å². The third kappa shape index (κ3) is 3.21. The first-order valence-electron chi connectivity index (χ1n) is 8.86. The molecule has 1 aromatic carbocycles. The largest absolute Gasteiger partial charge is 0.481 e. The van der Waals surface area contributed by atoms with Crippen molar-refractivity contribution >= 4 is 23.2 Å². The second kappa shape index (κ2) is 6.64. The number of amides is 1. The average Bonchev–Trinajstić information content (AvgIpc) is 3.07. The van der Waals surface area contributed by atoms with Gasteiger partial charge < -0.3 is 10.4 Å². The second-order valence-corrected chi connectivity index (χ2v) is 8.03. The molecule has 0 aliphatic heterocycles. The van der Waals surface area contributed by atoms with E-state index in [0.717, 1.165) is 30.6 Å². The summed E-state index contributed by atoms with van der Waals surface area (Å²) in [6.07, 6.45) is 4.80. The number of carbonyl (C=O) groups excluding carboxylic acids is 1. The van der Waals surface area contributed by atoms with Crippen LogP contribution in [0.5, 0.6) is 0 Å². The molecule has 4 nitrogen and oxygen atoms in total. The van der Waals surface area contributed by atoms with Gasteiger partial charge in [0.25, 0.3) is 5.91 Å². The van der Waals surface area contributed by atoms with Gasteiger partial charge in [-0.1, -0.05) is 24.3 Å². The van der Waals surface area contributed by atoms with Crippen LogP contribution >= 0.6 is 11.3 Å². The van der Waals surface area contributed by atoms with Crippen LogP contribution < -0.4 is 5.32 Å². The zero-order valence-electron chi connectivity index (χ0n) is 14.0. The van der Waals surface area contributed by atoms with Gasteiger partial charge in [-0.05, 0) is 61.3 Å². The maximum Gasteiger partial charge on any atom is 0.306 e. The fourth-order valence-corrected chi connectivity index (χ4v) is 5.10. The summed E-state index contributed by atoms with van der Waals surface area (Å²) in [4.78, 5) is 25.7. The van der Waals surface area contributed by atoms with E-state index in [4.69, 9.17) is 5.11 Å². The predicted octanol–water partition coefficient (Wildman–Crippen LogP) is 3.89. The zero-order valence-corrected chi connectivity index (χ0v) is 14.8. The third-order valence-corrected chi connectivity index (χ3v) is 6.58. The Balaban J connectivity index is 1.46. The number of hydrogen-bond acceptors (Lipinski definition) is 3. The summed E-state index contributed by atoms with van der Waals surface area (Å²) in [5, 5.41) is 12.2. The molecule has 0 unspecified atom stereocenters. The molecule has 1 amide bonds. The van der Waals surface area contributed by atoms with Crippen molar-refractivity contribution in [2.75, 3.05) is 0 Å². The molecule has 2 aliphatic carbocycles. The van der Waals surface area contributed by atoms with Crippen LogP contribution in [0.2, 0.25) is 0 Å². The fraction of sp³-hybridized carbons (Fsp3) is 0.400. The van der Waals surface area contributed by atoms with Crippen LogP contribution in [0.15, 0.2) is 30.3 Å². The van der Waals surface area contributed by atoms with Gasteiger partial charge in [0.15, 0.2) is 0 Å². The molecule has 25 heavy (non-hydrogen) atoms. The molecular weight excluding hydrogens is 334 g/mol. The Morgan fingerprint density at radius 1 is 1.04 bits per heavy atom. The van der Waals surface area contributed by atoms with Crippen LogP contribution in [0.25, 0.3) is 10.4 Å². The highest BCUT2D eigenvalue weighted by Gasteiger charge is 2.28. The third-order valence-electron chi connectivity index (χ3n) is 5.37. The summed E-state index contributed by atoms with van der Waals surface area (Å²) in [7, 11) is 0. The lowest BCUT2D eigenvalue weighted by atomic mass is 9.86. The van der Waals surface area contributed by atoms with Gasteiger partial charge >= 0.3 is 5.97 Å². The smallest absolute Gasteiger partial charge is 0.306 e. The van der Waals surface area contributed by atoms with Crippen molar-refractivity contribution < 1.29 is 14.7 Å². The van der Waals surface area contributed by atoms with Gasteiger partial charge in [0, 0.05) is 10.9 Å². The highest BCUT2D eigenvalue weighted by Crippen LogP contribution is 2.39. The standard InChI is InChI=1S/C20H21NO3S/c22-19(21-15-9-7-13(8-10-15)20(23)24)17-11-14-6-5-12-3-1-2-4-16(12)18(14)25-17/h1-4,11,13,15H,5-10H2,(H,21,22)(H,23,24). The van der Waals surface area contributed by atoms with Gasteiger partial charge in [0.1, 0.15) is 0 Å². The molecule has 2 N–H and O–H groups in total. The molecule has 0 atom stereocenters. The minimum absolute atomic E-state index is 0.0179. The maximum atomic E-state index is 12.6. The highest BCUT2D eigenvalue weighted by atomic mass is 32.1. The number of thiophene rings is 1. The molecule has 2 aliphatic rings. The van der Waals surface area contributed by atoms with Gasteiger partial charge in [-0.15, -0.1) is 11.3 Å². The van der Waals surface area contributed by atoms with Crippen molar-refractivity contribution in [1.29, 1.82) is 0 Å². The van der Waals surface area contributed by atoms with Crippen molar-refractivity contribution in [2.45, 2.75) is 44.6 Å². The Hall–Kier alpha value is -2.14. The Bertz CT molecular complexity index is 818. The molecule has 1 saturated carbocycles. The molecule has 5 heteroatoms. The van der Waals surface area contributed by atoms with E-state index < -0.39 is 5.97 Å². The number of hydrogen-bond donors (Lipinski definition) is 2. The Morgan fingerprint density at radius 2 is 1.76 bits per heavy atom. The molecule has 0 saturated heterocycles. The maximum absolute atomic E-state index is 12.6. The van der Waals surface area contributed by atoms with E-state index in [1.54, 1.807) is 11.3 Å². The summed E-state index contributed by atoms with van der Waals surface area (Å²) < 4.78 is 0. The van der Waals surface area contributed by atoms with Crippen LogP contribution in [-0.2, 0) is 17.6 Å². The molecule has 130 valence electrons. The minimum atomic E-state index is -0.714. The molecule has 1 fully saturated rings. The van der Waals surface area contributed by atoms with E-state index in [2.05, 4.69) is 23.5 Å². The first kappa shape index (κ1) is 16.3. The Morgan fingerprint density at radius 3 is 2.52 bits per heavy atom. The first-order valence-corrected chi connectivity index (χ1v) is 9.68. The molecule has 0 spiro atoms. The van der Waals surface area contributed by atoms with Crippen molar-refractivity contribution in [2.24, 2.45) is 5.92 Å². The normalized spacial score (nSPS) is 21.9. The Labute approximate surface area is 150 Å². The van der Waals surface area contributed by atoms with Crippen LogP contribution in [0.4, 0.5) is 0 Å². The molecule has 1 aromatic heterocycles. The number of aryl methyl sites for hydroxylation is 2. The van der Waals surface area contributed by atoms with E-state index in [-0.39, 0.29) is 17.9 Å². The predicted molar refractivity (Wildman–Crippen MR) is 98.0 cm³/mol. The number of carboxylic acids is 1. The number of aliphatic carboxylic acids is 1. The summed E-state index contributed by atoms with van der Waals surface area (Å²) >= 11 is 1.57. The first-order chi connectivity index (χ1) is 12.1. The molecular formula is C20H21NO3S. The monoisotopic (exact) mass is 355 g/mol. The topological polar surface area (TPSA) is 66.4 Å². The number of carboxylic acid groups (broad SMARTS) is 1. The number of nitrogens with one attached hydrogen (secondary N) is 1. The van der Waals surface area contributed by atoms with Crippen molar-refractivity contribution in [3.63, 3.8) is 0 Å².